The Morgan fingerprint density at radius 2 is 1.93 bits per heavy atom. The zero-order valence-electron chi connectivity index (χ0n) is 14.7. The third-order valence-electron chi connectivity index (χ3n) is 4.59. The molecule has 0 radical (unpaired) electrons. The maximum atomic E-state index is 12.5. The highest BCUT2D eigenvalue weighted by Crippen LogP contribution is 2.36. The quantitative estimate of drug-likeness (QED) is 0.596. The van der Waals surface area contributed by atoms with Gasteiger partial charge in [-0.1, -0.05) is 17.7 Å². The summed E-state index contributed by atoms with van der Waals surface area (Å²) in [5.74, 6) is 0.417. The molecule has 0 unspecified atom stereocenters. The van der Waals surface area contributed by atoms with E-state index in [0.29, 0.717) is 41.2 Å². The number of nitrogens with zero attached hydrogens (tertiary/aromatic N) is 1. The molecule has 1 fully saturated rings. The Morgan fingerprint density at radius 1 is 1.15 bits per heavy atom. The molecule has 140 valence electrons. The molecule has 2 aromatic carbocycles. The van der Waals surface area contributed by atoms with Gasteiger partial charge in [0.05, 0.1) is 10.9 Å². The summed E-state index contributed by atoms with van der Waals surface area (Å²) in [6.07, 6.45) is 0.0940. The Morgan fingerprint density at radius 3 is 2.74 bits per heavy atom. The zero-order valence-corrected chi connectivity index (χ0v) is 15.5. The molecule has 4 rings (SSSR count). The van der Waals surface area contributed by atoms with Crippen molar-refractivity contribution >= 4 is 29.2 Å². The normalized spacial score (nSPS) is 18.5. The predicted molar refractivity (Wildman–Crippen MR) is 99.7 cm³/mol. The fourth-order valence-electron chi connectivity index (χ4n) is 3.20. The maximum absolute atomic E-state index is 12.5. The monoisotopic (exact) mass is 387 g/mol. The second kappa shape index (κ2) is 7.12. The lowest BCUT2D eigenvalue weighted by Gasteiger charge is -2.22. The van der Waals surface area contributed by atoms with Crippen molar-refractivity contribution in [3.63, 3.8) is 0 Å². The summed E-state index contributed by atoms with van der Waals surface area (Å²) in [6.45, 7) is 3.11. The maximum Gasteiger partial charge on any atom is 0.316 e. The van der Waals surface area contributed by atoms with Crippen molar-refractivity contribution in [3.05, 3.63) is 47.0 Å². The first-order valence-corrected chi connectivity index (χ1v) is 9.07. The van der Waals surface area contributed by atoms with E-state index in [-0.39, 0.29) is 18.9 Å². The number of carbonyl (C=O) groups is 2. The van der Waals surface area contributed by atoms with E-state index in [1.165, 1.54) is 0 Å². The highest BCUT2D eigenvalue weighted by Gasteiger charge is 2.37. The Kier molecular flexibility index (Phi) is 4.66. The van der Waals surface area contributed by atoms with Gasteiger partial charge in [-0.15, -0.1) is 0 Å². The molecule has 1 saturated heterocycles. The molecule has 2 aliphatic heterocycles. The minimum absolute atomic E-state index is 0.0940. The number of esters is 1. The second-order valence-corrected chi connectivity index (χ2v) is 7.00. The van der Waals surface area contributed by atoms with E-state index < -0.39 is 11.9 Å². The van der Waals surface area contributed by atoms with Crippen molar-refractivity contribution in [2.45, 2.75) is 13.3 Å². The van der Waals surface area contributed by atoms with Crippen molar-refractivity contribution in [1.82, 2.24) is 0 Å². The third-order valence-corrected chi connectivity index (χ3v) is 4.91. The Bertz CT molecular complexity index is 913. The summed E-state index contributed by atoms with van der Waals surface area (Å²) in [5.41, 5.74) is 1.61. The van der Waals surface area contributed by atoms with E-state index in [2.05, 4.69) is 0 Å². The van der Waals surface area contributed by atoms with Crippen LogP contribution in [0.5, 0.6) is 17.2 Å². The SMILES string of the molecule is Cc1ccc(Cl)c(OC(=O)[C@@H]2CC(=O)N(c3ccc4c(c3)OCCO4)C2)c1. The molecule has 1 amide bonds. The van der Waals surface area contributed by atoms with Crippen LogP contribution in [-0.4, -0.2) is 31.6 Å². The van der Waals surface area contributed by atoms with E-state index in [9.17, 15) is 9.59 Å². The molecule has 6 nitrogen and oxygen atoms in total. The van der Waals surface area contributed by atoms with Gasteiger partial charge < -0.3 is 19.1 Å². The summed E-state index contributed by atoms with van der Waals surface area (Å²) in [5, 5.41) is 0.363. The van der Waals surface area contributed by atoms with Crippen LogP contribution in [0.15, 0.2) is 36.4 Å². The molecule has 0 N–H and O–H groups in total. The number of rotatable bonds is 3. The Labute approximate surface area is 161 Å². The van der Waals surface area contributed by atoms with E-state index in [4.69, 9.17) is 25.8 Å². The van der Waals surface area contributed by atoms with Gasteiger partial charge in [0.2, 0.25) is 5.91 Å². The van der Waals surface area contributed by atoms with Crippen LogP contribution in [0.4, 0.5) is 5.69 Å². The minimum Gasteiger partial charge on any atom is -0.486 e. The molecule has 0 spiro atoms. The van der Waals surface area contributed by atoms with Crippen LogP contribution < -0.4 is 19.1 Å². The topological polar surface area (TPSA) is 65.1 Å². The highest BCUT2D eigenvalue weighted by molar-refractivity contribution is 6.32. The molecule has 0 saturated carbocycles. The fraction of sp³-hybridized carbons (Fsp3) is 0.300. The molecule has 0 aromatic heterocycles. The Hall–Kier alpha value is -2.73. The van der Waals surface area contributed by atoms with Crippen LogP contribution in [0.3, 0.4) is 0 Å². The number of anilines is 1. The lowest BCUT2D eigenvalue weighted by Crippen LogP contribution is -2.27. The number of halogens is 1. The minimum atomic E-state index is -0.553. The predicted octanol–water partition coefficient (Wildman–Crippen LogP) is 3.38. The van der Waals surface area contributed by atoms with Crippen molar-refractivity contribution in [2.24, 2.45) is 5.92 Å². The summed E-state index contributed by atoms with van der Waals surface area (Å²) in [6, 6.07) is 10.5. The lowest BCUT2D eigenvalue weighted by atomic mass is 10.1. The number of amides is 1. The smallest absolute Gasteiger partial charge is 0.316 e. The van der Waals surface area contributed by atoms with Gasteiger partial charge in [-0.05, 0) is 36.8 Å². The van der Waals surface area contributed by atoms with Gasteiger partial charge in [0, 0.05) is 24.7 Å². The number of fused-ring (bicyclic) bond motifs is 1. The highest BCUT2D eigenvalue weighted by atomic mass is 35.5. The first-order chi connectivity index (χ1) is 13.0. The molecule has 1 atom stereocenters. The number of hydrogen-bond donors (Lipinski definition) is 0. The first kappa shape index (κ1) is 17.7. The molecule has 27 heavy (non-hydrogen) atoms. The molecule has 0 aliphatic carbocycles. The summed E-state index contributed by atoms with van der Waals surface area (Å²) in [7, 11) is 0. The van der Waals surface area contributed by atoms with Crippen LogP contribution in [0.1, 0.15) is 12.0 Å². The number of benzene rings is 2. The van der Waals surface area contributed by atoms with Gasteiger partial charge in [0.1, 0.15) is 19.0 Å². The second-order valence-electron chi connectivity index (χ2n) is 6.59. The number of aryl methyl sites for hydroxylation is 1. The molecule has 7 heteroatoms. The van der Waals surface area contributed by atoms with E-state index in [1.54, 1.807) is 35.2 Å². The van der Waals surface area contributed by atoms with Crippen LogP contribution in [0.25, 0.3) is 0 Å². The number of carbonyl (C=O) groups excluding carboxylic acids is 2. The average Bonchev–Trinajstić information content (AvgIpc) is 3.06. The largest absolute Gasteiger partial charge is 0.486 e. The van der Waals surface area contributed by atoms with Crippen LogP contribution in [0, 0.1) is 12.8 Å². The average molecular weight is 388 g/mol. The van der Waals surface area contributed by atoms with Crippen LogP contribution in [-0.2, 0) is 9.59 Å². The van der Waals surface area contributed by atoms with Gasteiger partial charge in [0.15, 0.2) is 11.5 Å². The van der Waals surface area contributed by atoms with E-state index >= 15 is 0 Å². The molecule has 2 heterocycles. The van der Waals surface area contributed by atoms with Gasteiger partial charge in [0.25, 0.3) is 0 Å². The van der Waals surface area contributed by atoms with E-state index in [1.807, 2.05) is 13.0 Å². The standard InChI is InChI=1S/C20H18ClNO5/c1-12-2-4-15(21)17(8-12)27-20(24)13-9-19(23)22(11-13)14-3-5-16-18(10-14)26-7-6-25-16/h2-5,8,10,13H,6-7,9,11H2,1H3/t13-/m1/s1. The summed E-state index contributed by atoms with van der Waals surface area (Å²) in [4.78, 5) is 26.6. The van der Waals surface area contributed by atoms with Crippen molar-refractivity contribution < 1.29 is 23.8 Å². The molecule has 2 aliphatic rings. The lowest BCUT2D eigenvalue weighted by molar-refractivity contribution is -0.139. The zero-order chi connectivity index (χ0) is 19.0. The first-order valence-electron chi connectivity index (χ1n) is 8.69. The Balaban J connectivity index is 1.49. The van der Waals surface area contributed by atoms with E-state index in [0.717, 1.165) is 5.56 Å². The van der Waals surface area contributed by atoms with Gasteiger partial charge in [-0.3, -0.25) is 9.59 Å². The molecular formula is C20H18ClNO5. The van der Waals surface area contributed by atoms with Crippen molar-refractivity contribution in [2.75, 3.05) is 24.7 Å². The third kappa shape index (κ3) is 3.57. The molecule has 2 aromatic rings. The van der Waals surface area contributed by atoms with Gasteiger partial charge in [-0.2, -0.15) is 0 Å². The van der Waals surface area contributed by atoms with Crippen molar-refractivity contribution in [1.29, 1.82) is 0 Å². The van der Waals surface area contributed by atoms with Gasteiger partial charge in [-0.25, -0.2) is 0 Å². The van der Waals surface area contributed by atoms with Crippen molar-refractivity contribution in [3.8, 4) is 17.2 Å². The molecule has 0 bridgehead atoms. The number of ether oxygens (including phenoxy) is 3. The number of hydrogen-bond acceptors (Lipinski definition) is 5. The van der Waals surface area contributed by atoms with Crippen LogP contribution >= 0.6 is 11.6 Å². The van der Waals surface area contributed by atoms with Gasteiger partial charge >= 0.3 is 5.97 Å². The molecular weight excluding hydrogens is 370 g/mol. The summed E-state index contributed by atoms with van der Waals surface area (Å²) >= 11 is 6.09. The summed E-state index contributed by atoms with van der Waals surface area (Å²) < 4.78 is 16.5. The fourth-order valence-corrected chi connectivity index (χ4v) is 3.35. The van der Waals surface area contributed by atoms with Crippen LogP contribution in [0.2, 0.25) is 5.02 Å².